The van der Waals surface area contributed by atoms with Gasteiger partial charge in [0.2, 0.25) is 11.8 Å². The number of methoxy groups -OCH3 is 2. The van der Waals surface area contributed by atoms with Gasteiger partial charge >= 0.3 is 0 Å². The van der Waals surface area contributed by atoms with Crippen LogP contribution in [0.25, 0.3) is 0 Å². The largest absolute Gasteiger partial charge is 0.497 e. The Kier molecular flexibility index (Phi) is 7.37. The Morgan fingerprint density at radius 3 is 2.00 bits per heavy atom. The maximum Gasteiger partial charge on any atom is 0.244 e. The Hall–Kier alpha value is -3.35. The van der Waals surface area contributed by atoms with Crippen LogP contribution in [0.1, 0.15) is 18.9 Å². The minimum Gasteiger partial charge on any atom is -0.497 e. The molecule has 0 spiro atoms. The van der Waals surface area contributed by atoms with E-state index in [1.807, 2.05) is 12.1 Å². The van der Waals surface area contributed by atoms with Crippen molar-refractivity contribution in [1.29, 1.82) is 0 Å². The summed E-state index contributed by atoms with van der Waals surface area (Å²) < 4.78 is 10.1. The van der Waals surface area contributed by atoms with E-state index in [0.717, 1.165) is 11.3 Å². The number of hydrazone groups is 1. The lowest BCUT2D eigenvalue weighted by Gasteiger charge is -2.07. The van der Waals surface area contributed by atoms with Crippen LogP contribution in [0.5, 0.6) is 11.5 Å². The molecule has 0 fully saturated rings. The van der Waals surface area contributed by atoms with Gasteiger partial charge in [-0.3, -0.25) is 9.59 Å². The number of carbonyl (C=O) groups is 2. The molecule has 7 nitrogen and oxygen atoms in total. The lowest BCUT2D eigenvalue weighted by atomic mass is 10.1. The van der Waals surface area contributed by atoms with E-state index in [-0.39, 0.29) is 24.7 Å². The summed E-state index contributed by atoms with van der Waals surface area (Å²) in [6.07, 6.45) is 0.271. The summed E-state index contributed by atoms with van der Waals surface area (Å²) in [5, 5.41) is 6.74. The molecule has 0 radical (unpaired) electrons. The highest BCUT2D eigenvalue weighted by Crippen LogP contribution is 2.15. The van der Waals surface area contributed by atoms with Crippen molar-refractivity contribution in [2.24, 2.45) is 5.10 Å². The number of rotatable bonds is 8. The third-order valence-electron chi connectivity index (χ3n) is 3.69. The van der Waals surface area contributed by atoms with Crippen molar-refractivity contribution in [3.8, 4) is 11.5 Å². The Morgan fingerprint density at radius 1 is 0.889 bits per heavy atom. The summed E-state index contributed by atoms with van der Waals surface area (Å²) >= 11 is 0. The summed E-state index contributed by atoms with van der Waals surface area (Å²) in [5.74, 6) is 0.974. The van der Waals surface area contributed by atoms with Gasteiger partial charge in [-0.2, -0.15) is 5.10 Å². The van der Waals surface area contributed by atoms with E-state index in [4.69, 9.17) is 9.47 Å². The van der Waals surface area contributed by atoms with Crippen molar-refractivity contribution in [3.05, 3.63) is 54.1 Å². The van der Waals surface area contributed by atoms with E-state index < -0.39 is 0 Å². The molecule has 7 heteroatoms. The normalized spacial score (nSPS) is 10.9. The van der Waals surface area contributed by atoms with Crippen molar-refractivity contribution in [2.75, 3.05) is 19.5 Å². The van der Waals surface area contributed by atoms with E-state index in [1.54, 1.807) is 57.5 Å². The number of carbonyl (C=O) groups excluding carboxylic acids is 2. The van der Waals surface area contributed by atoms with Gasteiger partial charge in [-0.25, -0.2) is 5.43 Å². The molecule has 0 atom stereocenters. The molecule has 142 valence electrons. The molecule has 0 saturated heterocycles. The zero-order valence-electron chi connectivity index (χ0n) is 15.6. The standard InChI is InChI=1S/C20H23N3O4/c1-14(12-19(24)21-16-6-10-18(27-3)11-7-16)22-23-20(25)13-15-4-8-17(26-2)9-5-15/h4-11H,12-13H2,1-3H3,(H,21,24)(H,23,25)/b22-14-. The quantitative estimate of drug-likeness (QED) is 0.553. The lowest BCUT2D eigenvalue weighted by molar-refractivity contribution is -0.120. The van der Waals surface area contributed by atoms with E-state index in [1.165, 1.54) is 0 Å². The van der Waals surface area contributed by atoms with E-state index in [9.17, 15) is 9.59 Å². The molecule has 0 heterocycles. The molecule has 2 rings (SSSR count). The first kappa shape index (κ1) is 20.0. The summed E-state index contributed by atoms with van der Waals surface area (Å²) in [4.78, 5) is 24.0. The molecule has 0 unspecified atom stereocenters. The minimum absolute atomic E-state index is 0.0782. The smallest absolute Gasteiger partial charge is 0.244 e. The van der Waals surface area contributed by atoms with Crippen molar-refractivity contribution in [3.63, 3.8) is 0 Å². The molecule has 0 saturated carbocycles. The van der Waals surface area contributed by atoms with E-state index in [0.29, 0.717) is 17.1 Å². The SMILES string of the molecule is COc1ccc(CC(=O)N/N=C(/C)CC(=O)Nc2ccc(OC)cc2)cc1. The molecule has 2 aromatic rings. The predicted octanol–water partition coefficient (Wildman–Crippen LogP) is 2.77. The highest BCUT2D eigenvalue weighted by molar-refractivity contribution is 6.05. The minimum atomic E-state index is -0.255. The first-order valence-corrected chi connectivity index (χ1v) is 8.39. The van der Waals surface area contributed by atoms with Gasteiger partial charge in [0, 0.05) is 11.4 Å². The molecule has 27 heavy (non-hydrogen) atoms. The highest BCUT2D eigenvalue weighted by Gasteiger charge is 2.07. The Balaban J connectivity index is 1.79. The second-order valence-corrected chi connectivity index (χ2v) is 5.86. The predicted molar refractivity (Wildman–Crippen MR) is 104 cm³/mol. The number of benzene rings is 2. The van der Waals surface area contributed by atoms with Gasteiger partial charge < -0.3 is 14.8 Å². The number of anilines is 1. The zero-order chi connectivity index (χ0) is 19.6. The van der Waals surface area contributed by atoms with Crippen LogP contribution in [0.15, 0.2) is 53.6 Å². The zero-order valence-corrected chi connectivity index (χ0v) is 15.6. The monoisotopic (exact) mass is 369 g/mol. The van der Waals surface area contributed by atoms with Gasteiger partial charge in [0.1, 0.15) is 11.5 Å². The van der Waals surface area contributed by atoms with Crippen molar-refractivity contribution >= 4 is 23.2 Å². The molecule has 0 aromatic heterocycles. The first-order chi connectivity index (χ1) is 13.0. The fourth-order valence-corrected chi connectivity index (χ4v) is 2.28. The van der Waals surface area contributed by atoms with Crippen LogP contribution in [0.4, 0.5) is 5.69 Å². The molecule has 2 N–H and O–H groups in total. The second kappa shape index (κ2) is 9.96. The van der Waals surface area contributed by atoms with Crippen molar-refractivity contribution in [2.45, 2.75) is 19.8 Å². The van der Waals surface area contributed by atoms with Crippen LogP contribution < -0.4 is 20.2 Å². The number of hydrogen-bond donors (Lipinski definition) is 2. The molecular formula is C20H23N3O4. The average molecular weight is 369 g/mol. The Bertz CT molecular complexity index is 799. The number of amides is 2. The van der Waals surface area contributed by atoms with Crippen LogP contribution in [0.3, 0.4) is 0 Å². The average Bonchev–Trinajstić information content (AvgIpc) is 2.67. The maximum absolute atomic E-state index is 12.0. The highest BCUT2D eigenvalue weighted by atomic mass is 16.5. The summed E-state index contributed by atoms with van der Waals surface area (Å²) in [6.45, 7) is 1.68. The number of nitrogens with one attached hydrogen (secondary N) is 2. The molecule has 2 aromatic carbocycles. The Labute approximate surface area is 158 Å². The third kappa shape index (κ3) is 6.81. The Morgan fingerprint density at radius 2 is 1.44 bits per heavy atom. The molecule has 0 aliphatic carbocycles. The van der Waals surface area contributed by atoms with E-state index in [2.05, 4.69) is 15.8 Å². The van der Waals surface area contributed by atoms with Crippen LogP contribution in [-0.4, -0.2) is 31.7 Å². The topological polar surface area (TPSA) is 89.0 Å². The lowest BCUT2D eigenvalue weighted by Crippen LogP contribution is -2.22. The summed E-state index contributed by atoms with van der Waals surface area (Å²) in [7, 11) is 3.17. The van der Waals surface area contributed by atoms with Crippen LogP contribution in [0.2, 0.25) is 0 Å². The van der Waals surface area contributed by atoms with Gasteiger partial charge in [-0.05, 0) is 48.9 Å². The van der Waals surface area contributed by atoms with Crippen LogP contribution in [0, 0.1) is 0 Å². The summed E-state index contributed by atoms with van der Waals surface area (Å²) in [6, 6.07) is 14.2. The fourth-order valence-electron chi connectivity index (χ4n) is 2.28. The second-order valence-electron chi connectivity index (χ2n) is 5.86. The first-order valence-electron chi connectivity index (χ1n) is 8.39. The number of nitrogens with zero attached hydrogens (tertiary/aromatic N) is 1. The fraction of sp³-hybridized carbons (Fsp3) is 0.250. The molecular weight excluding hydrogens is 346 g/mol. The van der Waals surface area contributed by atoms with Gasteiger partial charge in [0.15, 0.2) is 0 Å². The molecule has 0 bridgehead atoms. The molecule has 0 aliphatic rings. The van der Waals surface area contributed by atoms with Gasteiger partial charge in [0.05, 0.1) is 27.1 Å². The van der Waals surface area contributed by atoms with Crippen LogP contribution >= 0.6 is 0 Å². The van der Waals surface area contributed by atoms with Crippen molar-refractivity contribution in [1.82, 2.24) is 5.43 Å². The number of hydrogen-bond acceptors (Lipinski definition) is 5. The maximum atomic E-state index is 12.0. The summed E-state index contributed by atoms with van der Waals surface area (Å²) in [5.41, 5.74) is 4.48. The van der Waals surface area contributed by atoms with Crippen LogP contribution in [-0.2, 0) is 16.0 Å². The van der Waals surface area contributed by atoms with Crippen molar-refractivity contribution < 1.29 is 19.1 Å². The van der Waals surface area contributed by atoms with E-state index >= 15 is 0 Å². The molecule has 0 aliphatic heterocycles. The van der Waals surface area contributed by atoms with Gasteiger partial charge in [0.25, 0.3) is 0 Å². The number of ether oxygens (including phenoxy) is 2. The molecule has 2 amide bonds. The third-order valence-corrected chi connectivity index (χ3v) is 3.69. The van der Waals surface area contributed by atoms with Gasteiger partial charge in [-0.1, -0.05) is 12.1 Å². The van der Waals surface area contributed by atoms with Gasteiger partial charge in [-0.15, -0.1) is 0 Å².